The van der Waals surface area contributed by atoms with Gasteiger partial charge in [-0.3, -0.25) is 0 Å². The Balaban J connectivity index is 0.000000309. The van der Waals surface area contributed by atoms with Crippen LogP contribution < -0.4 is 28.4 Å². The summed E-state index contributed by atoms with van der Waals surface area (Å²) < 4.78 is 61.2. The molecule has 0 amide bonds. The standard InChI is InChI=1S/C23H30O2.C22H28O2.2C10H12O2.2C9H10O2/c1-8-24-16-25-21-14-13-20(15-17(21)2)23(6,7)19-11-9-18(10-12-19)22(3,4)5;1-7-23-16-24-20-14-12-19(13-15-20)22(5,6)18-10-8-17(9-11-18)21(2,3)4;2*1-3-11-8-12-10-7-5-4-6-9(10)2;2*1-2-10-8-11-9-6-4-3-5-7-9/h8-15H,1,16H2,2-7H3;7-15H,1,16H2,2-6H3;2*3-7H,1,8H2,2H3;2*2-7H,1,8H2. The second-order valence-corrected chi connectivity index (χ2v) is 24.1. The molecule has 0 aliphatic carbocycles. The molecule has 0 aromatic heterocycles. The van der Waals surface area contributed by atoms with Crippen LogP contribution in [0.5, 0.6) is 34.5 Å². The van der Waals surface area contributed by atoms with E-state index in [0.29, 0.717) is 0 Å². The molecule has 12 heteroatoms. The number of para-hydroxylation sites is 4. The molecule has 0 aliphatic heterocycles. The van der Waals surface area contributed by atoms with Crippen molar-refractivity contribution in [3.8, 4) is 34.5 Å². The molecule has 0 saturated carbocycles. The van der Waals surface area contributed by atoms with Crippen LogP contribution in [0, 0.1) is 20.8 Å². The van der Waals surface area contributed by atoms with Gasteiger partial charge >= 0.3 is 0 Å². The van der Waals surface area contributed by atoms with Crippen LogP contribution in [0.2, 0.25) is 0 Å². The highest BCUT2D eigenvalue weighted by Crippen LogP contribution is 2.37. The Labute approximate surface area is 568 Å². The Morgan fingerprint density at radius 1 is 0.253 bits per heavy atom. The van der Waals surface area contributed by atoms with Crippen molar-refractivity contribution in [3.63, 3.8) is 0 Å². The molecule has 12 nitrogen and oxygen atoms in total. The summed E-state index contributed by atoms with van der Waals surface area (Å²) in [5.41, 5.74) is 11.4. The van der Waals surface area contributed by atoms with Crippen LogP contribution in [0.25, 0.3) is 0 Å². The summed E-state index contributed by atoms with van der Waals surface area (Å²) in [6.45, 7) is 50.3. The molecule has 0 aliphatic rings. The zero-order valence-electron chi connectivity index (χ0n) is 58.4. The van der Waals surface area contributed by atoms with Gasteiger partial charge in [0.15, 0.2) is 0 Å². The number of ether oxygens (including phenoxy) is 12. The minimum Gasteiger partial charge on any atom is -0.466 e. The van der Waals surface area contributed by atoms with Crippen molar-refractivity contribution in [2.45, 2.75) is 112 Å². The highest BCUT2D eigenvalue weighted by Gasteiger charge is 2.26. The zero-order chi connectivity index (χ0) is 70.0. The molecule has 506 valence electrons. The number of rotatable bonds is 28. The lowest BCUT2D eigenvalue weighted by Gasteiger charge is -2.28. The van der Waals surface area contributed by atoms with Crippen molar-refractivity contribution in [1.82, 2.24) is 0 Å². The Kier molecular flexibility index (Phi) is 35.6. The summed E-state index contributed by atoms with van der Waals surface area (Å²) in [6, 6.07) is 67.0. The van der Waals surface area contributed by atoms with Crippen molar-refractivity contribution in [2.75, 3.05) is 40.8 Å². The van der Waals surface area contributed by atoms with Gasteiger partial charge in [-0.25, -0.2) is 0 Å². The van der Waals surface area contributed by atoms with Gasteiger partial charge in [-0.05, 0) is 136 Å². The first-order valence-electron chi connectivity index (χ1n) is 31.2. The predicted molar refractivity (Wildman–Crippen MR) is 388 cm³/mol. The third-order valence-corrected chi connectivity index (χ3v) is 14.5. The summed E-state index contributed by atoms with van der Waals surface area (Å²) >= 11 is 0. The van der Waals surface area contributed by atoms with Gasteiger partial charge in [0.2, 0.25) is 40.8 Å². The summed E-state index contributed by atoms with van der Waals surface area (Å²) in [5, 5.41) is 0. The maximum atomic E-state index is 5.61. The molecule has 0 spiro atoms. The van der Waals surface area contributed by atoms with E-state index in [4.69, 9.17) is 56.8 Å². The first-order valence-corrected chi connectivity index (χ1v) is 31.2. The first-order chi connectivity index (χ1) is 45.5. The third kappa shape index (κ3) is 30.0. The molecule has 95 heavy (non-hydrogen) atoms. The summed E-state index contributed by atoms with van der Waals surface area (Å²) in [5.74, 6) is 4.92. The molecule has 0 unspecified atom stereocenters. The van der Waals surface area contributed by atoms with Crippen molar-refractivity contribution in [2.24, 2.45) is 0 Å². The molecule has 0 radical (unpaired) electrons. The van der Waals surface area contributed by atoms with Crippen LogP contribution >= 0.6 is 0 Å². The van der Waals surface area contributed by atoms with Crippen LogP contribution in [0.1, 0.15) is 119 Å². The van der Waals surface area contributed by atoms with Gasteiger partial charge in [-0.2, -0.15) is 0 Å². The van der Waals surface area contributed by atoms with Crippen molar-refractivity contribution >= 4 is 0 Å². The molecule has 8 aromatic rings. The lowest BCUT2D eigenvalue weighted by Crippen LogP contribution is -2.20. The number of aryl methyl sites for hydroxylation is 3. The maximum Gasteiger partial charge on any atom is 0.229 e. The van der Waals surface area contributed by atoms with Crippen LogP contribution in [0.4, 0.5) is 0 Å². The summed E-state index contributed by atoms with van der Waals surface area (Å²) in [6.07, 6.45) is 8.18. The Hall–Kier alpha value is -10.2. The molecule has 8 rings (SSSR count). The van der Waals surface area contributed by atoms with Crippen LogP contribution in [0.3, 0.4) is 0 Å². The van der Waals surface area contributed by atoms with Gasteiger partial charge in [0.1, 0.15) is 34.5 Å². The quantitative estimate of drug-likeness (QED) is 0.0264. The maximum absolute atomic E-state index is 5.61. The van der Waals surface area contributed by atoms with Crippen molar-refractivity contribution < 1.29 is 56.8 Å². The Morgan fingerprint density at radius 3 is 0.789 bits per heavy atom. The molecule has 0 atom stereocenters. The van der Waals surface area contributed by atoms with Gasteiger partial charge in [0.25, 0.3) is 0 Å². The van der Waals surface area contributed by atoms with Crippen LogP contribution in [-0.2, 0) is 50.1 Å². The fraction of sp³-hybridized carbons (Fsp3) is 0.277. The summed E-state index contributed by atoms with van der Waals surface area (Å²) in [7, 11) is 0. The van der Waals surface area contributed by atoms with Gasteiger partial charge < -0.3 is 56.8 Å². The number of benzene rings is 8. The Bertz CT molecular complexity index is 3330. The zero-order valence-corrected chi connectivity index (χ0v) is 58.4. The van der Waals surface area contributed by atoms with E-state index in [1.807, 2.05) is 141 Å². The highest BCUT2D eigenvalue weighted by molar-refractivity contribution is 5.46. The molecule has 8 aromatic carbocycles. The van der Waals surface area contributed by atoms with E-state index >= 15 is 0 Å². The van der Waals surface area contributed by atoms with Crippen molar-refractivity contribution in [3.05, 3.63) is 327 Å². The van der Waals surface area contributed by atoms with Crippen LogP contribution in [0.15, 0.2) is 277 Å². The first kappa shape index (κ1) is 79.0. The molecular weight excluding hydrogens is 1190 g/mol. The fourth-order valence-corrected chi connectivity index (χ4v) is 8.63. The molecule has 0 heterocycles. The number of hydrogen-bond acceptors (Lipinski definition) is 12. The average Bonchev–Trinajstić information content (AvgIpc) is 0.804. The normalized spacial score (nSPS) is 10.5. The minimum absolute atomic E-state index is 0.0629. The van der Waals surface area contributed by atoms with Gasteiger partial charge in [0, 0.05) is 10.8 Å². The van der Waals surface area contributed by atoms with E-state index in [-0.39, 0.29) is 62.4 Å². The van der Waals surface area contributed by atoms with Gasteiger partial charge in [-0.15, -0.1) is 0 Å². The molecule has 0 fully saturated rings. The monoisotopic (exact) mass is 1290 g/mol. The number of hydrogen-bond donors (Lipinski definition) is 0. The smallest absolute Gasteiger partial charge is 0.229 e. The second kappa shape index (κ2) is 42.8. The van der Waals surface area contributed by atoms with E-state index < -0.39 is 0 Å². The van der Waals surface area contributed by atoms with E-state index in [1.165, 1.54) is 71.0 Å². The lowest BCUT2D eigenvalue weighted by molar-refractivity contribution is 0.0798. The van der Waals surface area contributed by atoms with Gasteiger partial charge in [-0.1, -0.05) is 254 Å². The second-order valence-electron chi connectivity index (χ2n) is 24.1. The molecule has 0 N–H and O–H groups in total. The third-order valence-electron chi connectivity index (χ3n) is 14.5. The molecule has 0 saturated heterocycles. The summed E-state index contributed by atoms with van der Waals surface area (Å²) in [4.78, 5) is 0. The largest absolute Gasteiger partial charge is 0.466 e. The average molecular weight is 1290 g/mol. The molecule has 0 bridgehead atoms. The van der Waals surface area contributed by atoms with E-state index in [2.05, 4.69) is 188 Å². The van der Waals surface area contributed by atoms with E-state index in [1.54, 1.807) is 0 Å². The van der Waals surface area contributed by atoms with E-state index in [0.717, 1.165) is 51.2 Å². The SMILES string of the molecule is C=COCOc1ccc(C(C)(C)c2ccc(C(C)(C)C)cc2)cc1.C=COCOc1ccc(C(C)(C)c2ccc(C(C)(C)C)cc2)cc1C.C=COCOc1ccccc1.C=COCOc1ccccc1.C=COCOc1ccccc1C.C=COCOc1ccccc1C. The van der Waals surface area contributed by atoms with Gasteiger partial charge in [0.05, 0.1) is 37.6 Å². The fourth-order valence-electron chi connectivity index (χ4n) is 8.63. The lowest BCUT2D eigenvalue weighted by atomic mass is 9.76. The highest BCUT2D eigenvalue weighted by atomic mass is 16.7. The topological polar surface area (TPSA) is 111 Å². The minimum atomic E-state index is -0.0721. The van der Waals surface area contributed by atoms with E-state index in [9.17, 15) is 0 Å². The van der Waals surface area contributed by atoms with Crippen LogP contribution in [-0.4, -0.2) is 40.8 Å². The molecular formula is C83H102O12. The predicted octanol–water partition coefficient (Wildman–Crippen LogP) is 21.3. The Morgan fingerprint density at radius 2 is 0.495 bits per heavy atom. The van der Waals surface area contributed by atoms with Crippen molar-refractivity contribution in [1.29, 1.82) is 0 Å².